The largest absolute Gasteiger partial charge is 0.238 e. The smallest absolute Gasteiger partial charge is 0.128 e. The highest BCUT2D eigenvalue weighted by atomic mass is 14.9. The van der Waals surface area contributed by atoms with Gasteiger partial charge in [-0.25, -0.2) is 9.97 Å². The second kappa shape index (κ2) is 23.8. The van der Waals surface area contributed by atoms with Crippen LogP contribution in [0.2, 0.25) is 0 Å². The molecule has 0 unspecified atom stereocenters. The van der Waals surface area contributed by atoms with Gasteiger partial charge in [-0.1, -0.05) is 149 Å². The molecule has 0 fully saturated rings. The standard InChI is InChI=1S/C32H60N2/c1-4-7-9-11-13-15-17-19-21-23-25-27-30-29-31(34-32(6-3)33-30)28-26-24-22-20-18-16-14-12-10-8-5-2/h29H,4-28H2,1-3H3. The van der Waals surface area contributed by atoms with Crippen molar-refractivity contribution in [1.82, 2.24) is 9.97 Å². The molecule has 0 aliphatic heterocycles. The van der Waals surface area contributed by atoms with Crippen LogP contribution < -0.4 is 0 Å². The Kier molecular flexibility index (Phi) is 21.8. The number of hydrogen-bond acceptors (Lipinski definition) is 2. The van der Waals surface area contributed by atoms with Crippen molar-refractivity contribution in [2.75, 3.05) is 0 Å². The minimum absolute atomic E-state index is 0.956. The van der Waals surface area contributed by atoms with Gasteiger partial charge in [0.25, 0.3) is 0 Å². The molecule has 0 radical (unpaired) electrons. The van der Waals surface area contributed by atoms with Crippen molar-refractivity contribution in [2.45, 2.75) is 181 Å². The molecule has 0 spiro atoms. The first-order valence-electron chi connectivity index (χ1n) is 15.7. The van der Waals surface area contributed by atoms with Gasteiger partial charge >= 0.3 is 0 Å². The third kappa shape index (κ3) is 18.4. The molecule has 0 N–H and O–H groups in total. The van der Waals surface area contributed by atoms with Crippen LogP contribution in [0.3, 0.4) is 0 Å². The molecule has 0 saturated carbocycles. The van der Waals surface area contributed by atoms with Gasteiger partial charge in [0, 0.05) is 17.8 Å². The number of aryl methyl sites for hydroxylation is 3. The van der Waals surface area contributed by atoms with E-state index in [0.29, 0.717) is 0 Å². The van der Waals surface area contributed by atoms with Gasteiger partial charge in [0.2, 0.25) is 0 Å². The van der Waals surface area contributed by atoms with Crippen LogP contribution in [0.15, 0.2) is 6.07 Å². The first kappa shape index (κ1) is 31.1. The fourth-order valence-corrected chi connectivity index (χ4v) is 4.97. The molecular weight excluding hydrogens is 412 g/mol. The van der Waals surface area contributed by atoms with Crippen molar-refractivity contribution in [3.63, 3.8) is 0 Å². The Morgan fingerprint density at radius 3 is 1.00 bits per heavy atom. The quantitative estimate of drug-likeness (QED) is 0.132. The fourth-order valence-electron chi connectivity index (χ4n) is 4.97. The van der Waals surface area contributed by atoms with Gasteiger partial charge in [0.15, 0.2) is 0 Å². The lowest BCUT2D eigenvalue weighted by molar-refractivity contribution is 0.547. The summed E-state index contributed by atoms with van der Waals surface area (Å²) < 4.78 is 0. The Morgan fingerprint density at radius 1 is 0.412 bits per heavy atom. The van der Waals surface area contributed by atoms with Crippen molar-refractivity contribution in [3.8, 4) is 0 Å². The predicted molar refractivity (Wildman–Crippen MR) is 152 cm³/mol. The zero-order valence-electron chi connectivity index (χ0n) is 23.6. The van der Waals surface area contributed by atoms with Crippen LogP contribution in [0.5, 0.6) is 0 Å². The minimum Gasteiger partial charge on any atom is -0.238 e. The van der Waals surface area contributed by atoms with Gasteiger partial charge in [-0.15, -0.1) is 0 Å². The zero-order valence-corrected chi connectivity index (χ0v) is 23.6. The number of hydrogen-bond donors (Lipinski definition) is 0. The number of nitrogens with zero attached hydrogens (tertiary/aromatic N) is 2. The average Bonchev–Trinajstić information content (AvgIpc) is 2.85. The second-order valence-corrected chi connectivity index (χ2v) is 10.7. The van der Waals surface area contributed by atoms with Crippen LogP contribution in [-0.4, -0.2) is 9.97 Å². The van der Waals surface area contributed by atoms with E-state index in [1.807, 2.05) is 0 Å². The van der Waals surface area contributed by atoms with E-state index >= 15 is 0 Å². The summed E-state index contributed by atoms with van der Waals surface area (Å²) in [7, 11) is 0. The van der Waals surface area contributed by atoms with E-state index in [9.17, 15) is 0 Å². The maximum Gasteiger partial charge on any atom is 0.128 e. The predicted octanol–water partition coefficient (Wildman–Crippen LogP) is 10.7. The van der Waals surface area contributed by atoms with Crippen LogP contribution >= 0.6 is 0 Å². The first-order chi connectivity index (χ1) is 16.8. The summed E-state index contributed by atoms with van der Waals surface area (Å²) >= 11 is 0. The lowest BCUT2D eigenvalue weighted by Gasteiger charge is -2.08. The van der Waals surface area contributed by atoms with Crippen molar-refractivity contribution in [3.05, 3.63) is 23.3 Å². The molecule has 0 amide bonds. The van der Waals surface area contributed by atoms with E-state index in [1.54, 1.807) is 0 Å². The van der Waals surface area contributed by atoms with Gasteiger partial charge in [0.1, 0.15) is 5.82 Å². The van der Waals surface area contributed by atoms with E-state index in [-0.39, 0.29) is 0 Å². The minimum atomic E-state index is 0.956. The molecule has 0 aliphatic carbocycles. The molecule has 0 aliphatic rings. The summed E-state index contributed by atoms with van der Waals surface area (Å²) in [6.45, 7) is 6.78. The maximum atomic E-state index is 4.83. The Hall–Kier alpha value is -0.920. The summed E-state index contributed by atoms with van der Waals surface area (Å²) in [5, 5.41) is 0. The number of aromatic nitrogens is 2. The van der Waals surface area contributed by atoms with Gasteiger partial charge in [-0.3, -0.25) is 0 Å². The number of unbranched alkanes of at least 4 members (excludes halogenated alkanes) is 20. The lowest BCUT2D eigenvalue weighted by Crippen LogP contribution is -2.03. The Labute approximate surface area is 214 Å². The van der Waals surface area contributed by atoms with Crippen LogP contribution in [-0.2, 0) is 19.3 Å². The first-order valence-corrected chi connectivity index (χ1v) is 15.7. The summed E-state index contributed by atoms with van der Waals surface area (Å²) in [6.07, 6.45) is 34.1. The van der Waals surface area contributed by atoms with Crippen LogP contribution in [0, 0.1) is 0 Å². The van der Waals surface area contributed by atoms with Gasteiger partial charge in [0.05, 0.1) is 0 Å². The van der Waals surface area contributed by atoms with Gasteiger partial charge < -0.3 is 0 Å². The Balaban J connectivity index is 2.10. The van der Waals surface area contributed by atoms with Crippen molar-refractivity contribution in [2.24, 2.45) is 0 Å². The highest BCUT2D eigenvalue weighted by Gasteiger charge is 2.05. The Bertz CT molecular complexity index is 510. The lowest BCUT2D eigenvalue weighted by atomic mass is 10.0. The highest BCUT2D eigenvalue weighted by molar-refractivity contribution is 5.12. The molecule has 0 atom stereocenters. The molecule has 0 aromatic carbocycles. The molecule has 0 saturated heterocycles. The van der Waals surface area contributed by atoms with E-state index in [4.69, 9.17) is 9.97 Å². The monoisotopic (exact) mass is 472 g/mol. The van der Waals surface area contributed by atoms with Crippen molar-refractivity contribution in [1.29, 1.82) is 0 Å². The van der Waals surface area contributed by atoms with Crippen LogP contribution in [0.25, 0.3) is 0 Å². The normalized spacial score (nSPS) is 11.4. The van der Waals surface area contributed by atoms with Crippen molar-refractivity contribution < 1.29 is 0 Å². The maximum absolute atomic E-state index is 4.83. The van der Waals surface area contributed by atoms with Crippen LogP contribution in [0.1, 0.15) is 179 Å². The molecule has 1 heterocycles. The molecule has 2 heteroatoms. The van der Waals surface area contributed by atoms with E-state index in [1.165, 1.54) is 153 Å². The van der Waals surface area contributed by atoms with E-state index in [2.05, 4.69) is 26.8 Å². The topological polar surface area (TPSA) is 25.8 Å². The summed E-state index contributed by atoms with van der Waals surface area (Å²) in [5.74, 6) is 1.05. The van der Waals surface area contributed by atoms with E-state index in [0.717, 1.165) is 25.1 Å². The average molecular weight is 473 g/mol. The Morgan fingerprint density at radius 2 is 0.706 bits per heavy atom. The summed E-state index contributed by atoms with van der Waals surface area (Å²) in [6, 6.07) is 2.31. The van der Waals surface area contributed by atoms with Crippen LogP contribution in [0.4, 0.5) is 0 Å². The van der Waals surface area contributed by atoms with Crippen molar-refractivity contribution >= 4 is 0 Å². The molecule has 1 aromatic heterocycles. The van der Waals surface area contributed by atoms with Gasteiger partial charge in [-0.2, -0.15) is 0 Å². The fraction of sp³-hybridized carbons (Fsp3) is 0.875. The summed E-state index contributed by atoms with van der Waals surface area (Å²) in [4.78, 5) is 9.66. The molecule has 1 rings (SSSR count). The molecular formula is C32H60N2. The molecule has 0 bridgehead atoms. The molecule has 2 nitrogen and oxygen atoms in total. The SMILES string of the molecule is CCCCCCCCCCCCCc1cc(CCCCCCCCCCCCC)nc(CC)n1. The molecule has 1 aromatic rings. The molecule has 198 valence electrons. The summed E-state index contributed by atoms with van der Waals surface area (Å²) in [5.41, 5.74) is 2.58. The van der Waals surface area contributed by atoms with Gasteiger partial charge in [-0.05, 0) is 31.7 Å². The zero-order chi connectivity index (χ0) is 24.5. The second-order valence-electron chi connectivity index (χ2n) is 10.7. The third-order valence-corrected chi connectivity index (χ3v) is 7.27. The van der Waals surface area contributed by atoms with E-state index < -0.39 is 0 Å². The highest BCUT2D eigenvalue weighted by Crippen LogP contribution is 2.15. The number of rotatable bonds is 25. The molecule has 34 heavy (non-hydrogen) atoms. The third-order valence-electron chi connectivity index (χ3n) is 7.27.